The van der Waals surface area contributed by atoms with Crippen molar-refractivity contribution in [2.24, 2.45) is 0 Å². The molecule has 0 fully saturated rings. The van der Waals surface area contributed by atoms with Gasteiger partial charge in [-0.05, 0) is 53.2 Å². The van der Waals surface area contributed by atoms with Crippen LogP contribution in [0.1, 0.15) is 0 Å². The quantitative estimate of drug-likeness (QED) is 0.347. The molecular formula is C24H15N3S. The second-order valence-corrected chi connectivity index (χ2v) is 7.77. The van der Waals surface area contributed by atoms with Crippen molar-refractivity contribution in [3.05, 3.63) is 90.7 Å². The van der Waals surface area contributed by atoms with Crippen LogP contribution in [0.25, 0.3) is 48.8 Å². The third kappa shape index (κ3) is 2.28. The lowest BCUT2D eigenvalue weighted by molar-refractivity contribution is 1.08. The molecule has 6 rings (SSSR count). The SMILES string of the molecule is c1cncc(-c2ccc(-n3c4ccccc4c4cc5sccc5cc43)nc2)c1. The number of pyridine rings is 2. The zero-order valence-electron chi connectivity index (χ0n) is 14.9. The van der Waals surface area contributed by atoms with Gasteiger partial charge in [0.25, 0.3) is 0 Å². The summed E-state index contributed by atoms with van der Waals surface area (Å²) in [7, 11) is 0. The Labute approximate surface area is 165 Å². The van der Waals surface area contributed by atoms with Gasteiger partial charge in [0, 0.05) is 45.2 Å². The number of aromatic nitrogens is 3. The zero-order chi connectivity index (χ0) is 18.5. The highest BCUT2D eigenvalue weighted by molar-refractivity contribution is 7.17. The van der Waals surface area contributed by atoms with E-state index in [0.717, 1.165) is 16.9 Å². The molecule has 132 valence electrons. The fourth-order valence-corrected chi connectivity index (χ4v) is 4.70. The highest BCUT2D eigenvalue weighted by atomic mass is 32.1. The summed E-state index contributed by atoms with van der Waals surface area (Å²) in [5.74, 6) is 0.924. The fraction of sp³-hybridized carbons (Fsp3) is 0. The molecule has 28 heavy (non-hydrogen) atoms. The third-order valence-corrected chi connectivity index (χ3v) is 6.10. The number of hydrogen-bond acceptors (Lipinski definition) is 3. The molecule has 0 atom stereocenters. The van der Waals surface area contributed by atoms with Gasteiger partial charge in [-0.15, -0.1) is 11.3 Å². The van der Waals surface area contributed by atoms with E-state index in [0.29, 0.717) is 0 Å². The second-order valence-electron chi connectivity index (χ2n) is 6.83. The lowest BCUT2D eigenvalue weighted by atomic mass is 10.1. The molecule has 0 radical (unpaired) electrons. The van der Waals surface area contributed by atoms with Gasteiger partial charge in [0.05, 0.1) is 11.0 Å². The van der Waals surface area contributed by atoms with E-state index in [1.54, 1.807) is 17.5 Å². The van der Waals surface area contributed by atoms with Crippen LogP contribution >= 0.6 is 11.3 Å². The first kappa shape index (κ1) is 15.5. The Kier molecular flexibility index (Phi) is 3.34. The average molecular weight is 377 g/mol. The van der Waals surface area contributed by atoms with Crippen LogP contribution in [0.15, 0.2) is 90.7 Å². The highest BCUT2D eigenvalue weighted by Gasteiger charge is 2.14. The molecule has 4 heterocycles. The Morgan fingerprint density at radius 1 is 0.750 bits per heavy atom. The zero-order valence-corrected chi connectivity index (χ0v) is 15.7. The molecule has 6 aromatic rings. The first-order valence-electron chi connectivity index (χ1n) is 9.16. The van der Waals surface area contributed by atoms with Crippen LogP contribution in [-0.2, 0) is 0 Å². The summed E-state index contributed by atoms with van der Waals surface area (Å²) in [6.07, 6.45) is 5.58. The van der Waals surface area contributed by atoms with Gasteiger partial charge in [-0.2, -0.15) is 0 Å². The molecule has 2 aromatic carbocycles. The lowest BCUT2D eigenvalue weighted by Gasteiger charge is -2.08. The molecule has 0 amide bonds. The van der Waals surface area contributed by atoms with Crippen molar-refractivity contribution in [1.82, 2.24) is 14.5 Å². The molecule has 0 spiro atoms. The minimum atomic E-state index is 0.924. The van der Waals surface area contributed by atoms with Crippen LogP contribution in [-0.4, -0.2) is 14.5 Å². The Morgan fingerprint density at radius 3 is 2.54 bits per heavy atom. The van der Waals surface area contributed by atoms with Crippen LogP contribution in [0.4, 0.5) is 0 Å². The number of rotatable bonds is 2. The monoisotopic (exact) mass is 377 g/mol. The largest absolute Gasteiger partial charge is 0.294 e. The molecule has 0 aliphatic heterocycles. The van der Waals surface area contributed by atoms with E-state index in [9.17, 15) is 0 Å². The van der Waals surface area contributed by atoms with Crippen molar-refractivity contribution in [2.45, 2.75) is 0 Å². The van der Waals surface area contributed by atoms with E-state index >= 15 is 0 Å². The normalized spacial score (nSPS) is 11.6. The van der Waals surface area contributed by atoms with Crippen molar-refractivity contribution in [2.75, 3.05) is 0 Å². The standard InChI is InChI=1S/C24H15N3S/c1-2-6-21-19(5-1)20-13-23-16(9-11-28-23)12-22(20)27(21)24-8-7-18(15-26-24)17-4-3-10-25-14-17/h1-15H. The van der Waals surface area contributed by atoms with E-state index < -0.39 is 0 Å². The van der Waals surface area contributed by atoms with Crippen LogP contribution in [0, 0.1) is 0 Å². The third-order valence-electron chi connectivity index (χ3n) is 5.22. The average Bonchev–Trinajstić information content (AvgIpc) is 3.35. The topological polar surface area (TPSA) is 30.7 Å². The predicted octanol–water partition coefficient (Wildman–Crippen LogP) is 6.46. The number of para-hydroxylation sites is 1. The van der Waals surface area contributed by atoms with Gasteiger partial charge in [0.2, 0.25) is 0 Å². The summed E-state index contributed by atoms with van der Waals surface area (Å²) in [5.41, 5.74) is 4.51. The maximum atomic E-state index is 4.80. The summed E-state index contributed by atoms with van der Waals surface area (Å²) in [6.45, 7) is 0. The van der Waals surface area contributed by atoms with Crippen LogP contribution in [0.2, 0.25) is 0 Å². The van der Waals surface area contributed by atoms with Crippen molar-refractivity contribution in [1.29, 1.82) is 0 Å². The number of thiophene rings is 1. The lowest BCUT2D eigenvalue weighted by Crippen LogP contribution is -1.97. The smallest absolute Gasteiger partial charge is 0.137 e. The van der Waals surface area contributed by atoms with E-state index in [4.69, 9.17) is 4.98 Å². The van der Waals surface area contributed by atoms with Crippen LogP contribution in [0.5, 0.6) is 0 Å². The molecule has 0 N–H and O–H groups in total. The van der Waals surface area contributed by atoms with Gasteiger partial charge in [-0.1, -0.05) is 24.3 Å². The van der Waals surface area contributed by atoms with E-state index in [-0.39, 0.29) is 0 Å². The molecule has 0 unspecified atom stereocenters. The number of nitrogens with zero attached hydrogens (tertiary/aromatic N) is 3. The number of fused-ring (bicyclic) bond motifs is 4. The first-order valence-corrected chi connectivity index (χ1v) is 10.0. The molecule has 4 heteroatoms. The molecule has 0 bridgehead atoms. The summed E-state index contributed by atoms with van der Waals surface area (Å²) >= 11 is 1.78. The van der Waals surface area contributed by atoms with Gasteiger partial charge in [-0.25, -0.2) is 4.98 Å². The van der Waals surface area contributed by atoms with Crippen LogP contribution < -0.4 is 0 Å². The Bertz CT molecular complexity index is 1440. The Hall–Kier alpha value is -3.50. The molecule has 3 nitrogen and oxygen atoms in total. The van der Waals surface area contributed by atoms with Gasteiger partial charge < -0.3 is 0 Å². The molecule has 0 aliphatic rings. The predicted molar refractivity (Wildman–Crippen MR) is 117 cm³/mol. The minimum absolute atomic E-state index is 0.924. The molecular weight excluding hydrogens is 362 g/mol. The van der Waals surface area contributed by atoms with Gasteiger partial charge in [0.15, 0.2) is 0 Å². The maximum absolute atomic E-state index is 4.80. The first-order chi connectivity index (χ1) is 13.9. The van der Waals surface area contributed by atoms with Gasteiger partial charge in [-0.3, -0.25) is 9.55 Å². The Balaban J connectivity index is 1.62. The van der Waals surface area contributed by atoms with E-state index in [1.807, 2.05) is 18.5 Å². The summed E-state index contributed by atoms with van der Waals surface area (Å²) in [6, 6.07) is 23.5. The summed E-state index contributed by atoms with van der Waals surface area (Å²) < 4.78 is 3.57. The van der Waals surface area contributed by atoms with Crippen molar-refractivity contribution in [3.63, 3.8) is 0 Å². The number of hydrogen-bond donors (Lipinski definition) is 0. The van der Waals surface area contributed by atoms with Gasteiger partial charge in [0.1, 0.15) is 5.82 Å². The van der Waals surface area contributed by atoms with Gasteiger partial charge >= 0.3 is 0 Å². The van der Waals surface area contributed by atoms with Crippen molar-refractivity contribution < 1.29 is 0 Å². The minimum Gasteiger partial charge on any atom is -0.294 e. The molecule has 0 saturated heterocycles. The fourth-order valence-electron chi connectivity index (χ4n) is 3.89. The Morgan fingerprint density at radius 2 is 1.68 bits per heavy atom. The van der Waals surface area contributed by atoms with Crippen molar-refractivity contribution >= 4 is 43.2 Å². The number of benzene rings is 2. The molecule has 0 aliphatic carbocycles. The summed E-state index contributed by atoms with van der Waals surface area (Å²) in [4.78, 5) is 9.01. The summed E-state index contributed by atoms with van der Waals surface area (Å²) in [5, 5.41) is 5.94. The van der Waals surface area contributed by atoms with Crippen LogP contribution in [0.3, 0.4) is 0 Å². The molecule has 4 aromatic heterocycles. The van der Waals surface area contributed by atoms with E-state index in [1.165, 1.54) is 31.9 Å². The second kappa shape index (κ2) is 6.01. The van der Waals surface area contributed by atoms with E-state index in [2.05, 4.69) is 75.6 Å². The van der Waals surface area contributed by atoms with Crippen molar-refractivity contribution in [3.8, 4) is 16.9 Å². The maximum Gasteiger partial charge on any atom is 0.137 e. The molecule has 0 saturated carbocycles. The highest BCUT2D eigenvalue weighted by Crippen LogP contribution is 2.35.